The first-order valence-corrected chi connectivity index (χ1v) is 8.73. The summed E-state index contributed by atoms with van der Waals surface area (Å²) >= 11 is 1.50. The van der Waals surface area contributed by atoms with E-state index in [2.05, 4.69) is 11.4 Å². The second kappa shape index (κ2) is 7.41. The lowest BCUT2D eigenvalue weighted by Gasteiger charge is -2.07. The van der Waals surface area contributed by atoms with Gasteiger partial charge in [-0.2, -0.15) is 5.26 Å². The number of aryl methyl sites for hydroxylation is 1. The SMILES string of the molecule is COc1ccc(OC)c(/C=C/C(=O)Nc2sc3c(c2C#N)CCC3)c1. The van der Waals surface area contributed by atoms with Crippen LogP contribution in [0.4, 0.5) is 5.00 Å². The predicted molar refractivity (Wildman–Crippen MR) is 98.3 cm³/mol. The lowest BCUT2D eigenvalue weighted by atomic mass is 10.1. The third-order valence-corrected chi connectivity index (χ3v) is 5.33. The van der Waals surface area contributed by atoms with Crippen molar-refractivity contribution in [3.63, 3.8) is 0 Å². The Bertz CT molecular complexity index is 878. The highest BCUT2D eigenvalue weighted by Gasteiger charge is 2.22. The number of ether oxygens (including phenoxy) is 2. The molecule has 0 saturated carbocycles. The van der Waals surface area contributed by atoms with E-state index in [1.54, 1.807) is 38.5 Å². The van der Waals surface area contributed by atoms with Crippen LogP contribution in [0.15, 0.2) is 24.3 Å². The minimum Gasteiger partial charge on any atom is -0.497 e. The molecule has 1 heterocycles. The van der Waals surface area contributed by atoms with E-state index < -0.39 is 0 Å². The number of fused-ring (bicyclic) bond motifs is 1. The molecule has 1 aliphatic carbocycles. The average molecular weight is 354 g/mol. The van der Waals surface area contributed by atoms with Gasteiger partial charge in [0.05, 0.1) is 19.8 Å². The van der Waals surface area contributed by atoms with Gasteiger partial charge in [0.2, 0.25) is 5.91 Å². The minimum absolute atomic E-state index is 0.277. The molecule has 3 rings (SSSR count). The standard InChI is InChI=1S/C19H18N2O3S/c1-23-13-7-8-16(24-2)12(10-13)6-9-18(22)21-19-15(11-20)14-4-3-5-17(14)25-19/h6-10H,3-5H2,1-2H3,(H,21,22)/b9-6+. The van der Waals surface area contributed by atoms with Gasteiger partial charge >= 0.3 is 0 Å². The first kappa shape index (κ1) is 17.1. The van der Waals surface area contributed by atoms with Crippen LogP contribution in [-0.4, -0.2) is 20.1 Å². The Morgan fingerprint density at radius 3 is 2.88 bits per heavy atom. The molecule has 1 amide bonds. The molecule has 2 aromatic rings. The van der Waals surface area contributed by atoms with Gasteiger partial charge in [-0.25, -0.2) is 0 Å². The number of methoxy groups -OCH3 is 2. The Morgan fingerprint density at radius 2 is 2.16 bits per heavy atom. The molecule has 0 atom stereocenters. The van der Waals surface area contributed by atoms with Crippen LogP contribution in [0.2, 0.25) is 0 Å². The second-order valence-corrected chi connectivity index (χ2v) is 6.71. The summed E-state index contributed by atoms with van der Waals surface area (Å²) in [4.78, 5) is 13.5. The number of anilines is 1. The predicted octanol–water partition coefficient (Wildman–Crippen LogP) is 3.78. The van der Waals surface area contributed by atoms with Crippen LogP contribution in [0.5, 0.6) is 11.5 Å². The minimum atomic E-state index is -0.277. The van der Waals surface area contributed by atoms with Gasteiger partial charge in [0.1, 0.15) is 22.6 Å². The van der Waals surface area contributed by atoms with Gasteiger partial charge in [0, 0.05) is 16.5 Å². The van der Waals surface area contributed by atoms with Gasteiger partial charge in [0.15, 0.2) is 0 Å². The fourth-order valence-corrected chi connectivity index (χ4v) is 4.14. The van der Waals surface area contributed by atoms with Gasteiger partial charge in [0.25, 0.3) is 0 Å². The van der Waals surface area contributed by atoms with Gasteiger partial charge in [-0.3, -0.25) is 4.79 Å². The van der Waals surface area contributed by atoms with Crippen molar-refractivity contribution in [1.29, 1.82) is 5.26 Å². The van der Waals surface area contributed by atoms with Crippen molar-refractivity contribution in [2.24, 2.45) is 0 Å². The lowest BCUT2D eigenvalue weighted by Crippen LogP contribution is -2.07. The molecule has 5 nitrogen and oxygen atoms in total. The maximum absolute atomic E-state index is 12.3. The molecule has 0 unspecified atom stereocenters. The van der Waals surface area contributed by atoms with Crippen molar-refractivity contribution in [3.05, 3.63) is 45.8 Å². The Labute approximate surface area is 150 Å². The number of benzene rings is 1. The third kappa shape index (κ3) is 3.52. The molecular formula is C19H18N2O3S. The monoisotopic (exact) mass is 354 g/mol. The maximum atomic E-state index is 12.3. The van der Waals surface area contributed by atoms with Crippen LogP contribution in [0, 0.1) is 11.3 Å². The zero-order chi connectivity index (χ0) is 17.8. The highest BCUT2D eigenvalue weighted by molar-refractivity contribution is 7.16. The number of nitrogens with one attached hydrogen (secondary N) is 1. The molecule has 0 radical (unpaired) electrons. The van der Waals surface area contributed by atoms with Gasteiger partial charge in [-0.05, 0) is 49.1 Å². The third-order valence-electron chi connectivity index (χ3n) is 4.12. The number of amides is 1. The number of nitriles is 1. The fraction of sp³-hybridized carbons (Fsp3) is 0.263. The highest BCUT2D eigenvalue weighted by atomic mass is 32.1. The molecule has 1 aromatic heterocycles. The van der Waals surface area contributed by atoms with Crippen molar-refractivity contribution >= 4 is 28.3 Å². The summed E-state index contributed by atoms with van der Waals surface area (Å²) in [5.41, 5.74) is 2.45. The summed E-state index contributed by atoms with van der Waals surface area (Å²) in [5, 5.41) is 12.8. The van der Waals surface area contributed by atoms with E-state index >= 15 is 0 Å². The molecular weight excluding hydrogens is 336 g/mol. The number of carbonyl (C=O) groups is 1. The zero-order valence-corrected chi connectivity index (χ0v) is 14.9. The molecule has 0 saturated heterocycles. The smallest absolute Gasteiger partial charge is 0.249 e. The van der Waals surface area contributed by atoms with E-state index in [1.807, 2.05) is 0 Å². The number of thiophene rings is 1. The Balaban J connectivity index is 1.78. The van der Waals surface area contributed by atoms with Crippen LogP contribution in [-0.2, 0) is 17.6 Å². The zero-order valence-electron chi connectivity index (χ0n) is 14.1. The summed E-state index contributed by atoms with van der Waals surface area (Å²) in [7, 11) is 3.16. The first-order valence-electron chi connectivity index (χ1n) is 7.92. The number of nitrogens with zero attached hydrogens (tertiary/aromatic N) is 1. The van der Waals surface area contributed by atoms with E-state index in [4.69, 9.17) is 9.47 Å². The number of rotatable bonds is 5. The van der Waals surface area contributed by atoms with Gasteiger partial charge < -0.3 is 14.8 Å². The van der Waals surface area contributed by atoms with Crippen LogP contribution in [0.25, 0.3) is 6.08 Å². The lowest BCUT2D eigenvalue weighted by molar-refractivity contribution is -0.111. The summed E-state index contributed by atoms with van der Waals surface area (Å²) < 4.78 is 10.5. The van der Waals surface area contributed by atoms with E-state index in [0.717, 1.165) is 30.4 Å². The van der Waals surface area contributed by atoms with E-state index in [-0.39, 0.29) is 5.91 Å². The Morgan fingerprint density at radius 1 is 1.32 bits per heavy atom. The summed E-state index contributed by atoms with van der Waals surface area (Å²) in [6.07, 6.45) is 6.09. The molecule has 128 valence electrons. The summed E-state index contributed by atoms with van der Waals surface area (Å²) in [6, 6.07) is 7.60. The summed E-state index contributed by atoms with van der Waals surface area (Å²) in [6.45, 7) is 0. The van der Waals surface area contributed by atoms with Crippen LogP contribution in [0.3, 0.4) is 0 Å². The molecule has 0 spiro atoms. The molecule has 25 heavy (non-hydrogen) atoms. The molecule has 1 aromatic carbocycles. The molecule has 1 N–H and O–H groups in total. The molecule has 0 fully saturated rings. The normalized spacial score (nSPS) is 12.7. The van der Waals surface area contributed by atoms with Crippen molar-refractivity contribution < 1.29 is 14.3 Å². The first-order chi connectivity index (χ1) is 12.2. The van der Waals surface area contributed by atoms with Gasteiger partial charge in [-0.1, -0.05) is 0 Å². The number of hydrogen-bond donors (Lipinski definition) is 1. The fourth-order valence-electron chi connectivity index (χ4n) is 2.90. The highest BCUT2D eigenvalue weighted by Crippen LogP contribution is 2.38. The Kier molecular flexibility index (Phi) is 5.05. The number of carbonyl (C=O) groups excluding carboxylic acids is 1. The summed E-state index contributed by atoms with van der Waals surface area (Å²) in [5.74, 6) is 1.06. The maximum Gasteiger partial charge on any atom is 0.249 e. The molecule has 6 heteroatoms. The van der Waals surface area contributed by atoms with Crippen molar-refractivity contribution in [3.8, 4) is 17.6 Å². The molecule has 1 aliphatic rings. The quantitative estimate of drug-likeness (QED) is 0.830. The van der Waals surface area contributed by atoms with E-state index in [9.17, 15) is 10.1 Å². The Hall–Kier alpha value is -2.78. The van der Waals surface area contributed by atoms with Crippen LogP contribution in [0.1, 0.15) is 28.0 Å². The molecule has 0 aliphatic heterocycles. The average Bonchev–Trinajstić information content (AvgIpc) is 3.20. The second-order valence-electron chi connectivity index (χ2n) is 5.60. The van der Waals surface area contributed by atoms with Crippen LogP contribution >= 0.6 is 11.3 Å². The van der Waals surface area contributed by atoms with Crippen molar-refractivity contribution in [2.75, 3.05) is 19.5 Å². The van der Waals surface area contributed by atoms with Crippen molar-refractivity contribution in [2.45, 2.75) is 19.3 Å². The van der Waals surface area contributed by atoms with Crippen LogP contribution < -0.4 is 14.8 Å². The van der Waals surface area contributed by atoms with E-state index in [1.165, 1.54) is 22.3 Å². The molecule has 0 bridgehead atoms. The number of hydrogen-bond acceptors (Lipinski definition) is 5. The topological polar surface area (TPSA) is 71.3 Å². The largest absolute Gasteiger partial charge is 0.497 e. The van der Waals surface area contributed by atoms with Gasteiger partial charge in [-0.15, -0.1) is 11.3 Å². The van der Waals surface area contributed by atoms with E-state index in [0.29, 0.717) is 22.1 Å². The van der Waals surface area contributed by atoms with Crippen molar-refractivity contribution in [1.82, 2.24) is 0 Å².